The van der Waals surface area contributed by atoms with Crippen LogP contribution in [0.25, 0.3) is 0 Å². The van der Waals surface area contributed by atoms with Crippen LogP contribution in [0.1, 0.15) is 59.3 Å². The number of amides is 1. The van der Waals surface area contributed by atoms with Crippen LogP contribution in [0.4, 0.5) is 0 Å². The Hall–Kier alpha value is -0.923. The Kier molecular flexibility index (Phi) is 12.8. The Labute approximate surface area is 160 Å². The van der Waals surface area contributed by atoms with Crippen LogP contribution < -0.4 is 5.32 Å². The van der Waals surface area contributed by atoms with Gasteiger partial charge in [0.1, 0.15) is 6.10 Å². The summed E-state index contributed by atoms with van der Waals surface area (Å²) in [7, 11) is 0.172. The van der Waals surface area contributed by atoms with Crippen molar-refractivity contribution in [2.75, 3.05) is 13.7 Å². The highest BCUT2D eigenvalue weighted by Gasteiger charge is 2.24. The second-order valence-electron chi connectivity index (χ2n) is 7.71. The molecule has 0 saturated heterocycles. The molecule has 0 aliphatic heterocycles. The van der Waals surface area contributed by atoms with Crippen molar-refractivity contribution in [3.63, 3.8) is 0 Å². The minimum absolute atomic E-state index is 0.0251. The summed E-state index contributed by atoms with van der Waals surface area (Å²) in [6.07, 6.45) is 3.61. The van der Waals surface area contributed by atoms with Crippen LogP contribution in [0.15, 0.2) is 0 Å². The normalized spacial score (nSPS) is 15.2. The van der Waals surface area contributed by atoms with Gasteiger partial charge in [-0.3, -0.25) is 9.59 Å². The topological polar surface area (TPSA) is 84.9 Å². The summed E-state index contributed by atoms with van der Waals surface area (Å²) in [5.74, 6) is -0.468. The zero-order valence-electron chi connectivity index (χ0n) is 17.5. The first-order valence-electron chi connectivity index (χ1n) is 9.79. The van der Waals surface area contributed by atoms with Gasteiger partial charge in [0.25, 0.3) is 0 Å². The third kappa shape index (κ3) is 12.4. The van der Waals surface area contributed by atoms with Gasteiger partial charge < -0.3 is 19.6 Å². The minimum atomic E-state index is -1.58. The molecule has 0 rings (SSSR count). The first-order valence-corrected chi connectivity index (χ1v) is 12.9. The van der Waals surface area contributed by atoms with Crippen molar-refractivity contribution >= 4 is 20.2 Å². The standard InChI is InChI=1S/C19H39NO5Si/c1-7-17(19(23)20-12-9-13-26(5,6)24-4)14-18(25-16(3)22)11-8-10-15(2)21/h15,17-18,21H,7-14H2,1-6H3,(H,20,23). The van der Waals surface area contributed by atoms with Gasteiger partial charge >= 0.3 is 5.97 Å². The second-order valence-corrected chi connectivity index (χ2v) is 12.1. The molecule has 0 spiro atoms. The molecule has 6 nitrogen and oxygen atoms in total. The summed E-state index contributed by atoms with van der Waals surface area (Å²) in [6.45, 7) is 10.1. The lowest BCUT2D eigenvalue weighted by Crippen LogP contribution is -2.35. The van der Waals surface area contributed by atoms with Crippen LogP contribution >= 0.6 is 0 Å². The molecular formula is C19H39NO5Si. The molecule has 0 aliphatic rings. The number of aliphatic hydroxyl groups excluding tert-OH is 1. The van der Waals surface area contributed by atoms with E-state index in [1.54, 1.807) is 14.0 Å². The molecule has 0 aromatic heterocycles. The lowest BCUT2D eigenvalue weighted by Gasteiger charge is -2.23. The highest BCUT2D eigenvalue weighted by Crippen LogP contribution is 2.19. The minimum Gasteiger partial charge on any atom is -0.463 e. The van der Waals surface area contributed by atoms with Crippen LogP contribution in [0.5, 0.6) is 0 Å². The maximum Gasteiger partial charge on any atom is 0.302 e. The third-order valence-electron chi connectivity index (χ3n) is 4.70. The first kappa shape index (κ1) is 25.1. The van der Waals surface area contributed by atoms with Crippen LogP contribution in [0.2, 0.25) is 19.1 Å². The maximum atomic E-state index is 12.5. The predicted molar refractivity (Wildman–Crippen MR) is 106 cm³/mol. The molecule has 0 radical (unpaired) electrons. The quantitative estimate of drug-likeness (QED) is 0.271. The van der Waals surface area contributed by atoms with Gasteiger partial charge in [-0.15, -0.1) is 0 Å². The van der Waals surface area contributed by atoms with E-state index in [0.29, 0.717) is 32.2 Å². The average molecular weight is 390 g/mol. The largest absolute Gasteiger partial charge is 0.463 e. The Bertz CT molecular complexity index is 415. The molecule has 0 aliphatic carbocycles. The van der Waals surface area contributed by atoms with Crippen LogP contribution in [0, 0.1) is 5.92 Å². The predicted octanol–water partition coefficient (Wildman–Crippen LogP) is 3.24. The van der Waals surface area contributed by atoms with E-state index in [1.807, 2.05) is 6.92 Å². The number of nitrogens with one attached hydrogen (secondary N) is 1. The SMILES string of the molecule is CCC(CC(CCCC(C)O)OC(C)=O)C(=O)NCCC[Si](C)(C)OC. The van der Waals surface area contributed by atoms with Gasteiger partial charge in [-0.1, -0.05) is 6.92 Å². The Balaban J connectivity index is 4.45. The van der Waals surface area contributed by atoms with E-state index in [9.17, 15) is 14.7 Å². The Morgan fingerprint density at radius 3 is 2.35 bits per heavy atom. The fourth-order valence-corrected chi connectivity index (χ4v) is 4.08. The van der Waals surface area contributed by atoms with Gasteiger partial charge in [0.05, 0.1) is 6.10 Å². The molecule has 1 amide bonds. The molecule has 7 heteroatoms. The molecule has 0 aromatic carbocycles. The highest BCUT2D eigenvalue weighted by atomic mass is 28.4. The number of hydrogen-bond acceptors (Lipinski definition) is 5. The first-order chi connectivity index (χ1) is 12.1. The summed E-state index contributed by atoms with van der Waals surface area (Å²) in [6, 6.07) is 1.01. The van der Waals surface area contributed by atoms with E-state index in [0.717, 1.165) is 18.9 Å². The molecule has 2 N–H and O–H groups in total. The fourth-order valence-electron chi connectivity index (χ4n) is 2.85. The van der Waals surface area contributed by atoms with Crippen molar-refractivity contribution in [3.05, 3.63) is 0 Å². The molecule has 154 valence electrons. The zero-order valence-corrected chi connectivity index (χ0v) is 18.5. The molecule has 0 saturated carbocycles. The fraction of sp³-hybridized carbons (Fsp3) is 0.895. The summed E-state index contributed by atoms with van der Waals surface area (Å²) in [5.41, 5.74) is 0. The maximum absolute atomic E-state index is 12.5. The molecule has 0 bridgehead atoms. The number of esters is 1. The summed E-state index contributed by atoms with van der Waals surface area (Å²) in [4.78, 5) is 23.8. The zero-order chi connectivity index (χ0) is 20.2. The molecular weight excluding hydrogens is 350 g/mol. The van der Waals surface area contributed by atoms with Crippen molar-refractivity contribution in [2.45, 2.75) is 90.6 Å². The van der Waals surface area contributed by atoms with Gasteiger partial charge in [-0.05, 0) is 64.6 Å². The lowest BCUT2D eigenvalue weighted by atomic mass is 9.94. The summed E-state index contributed by atoms with van der Waals surface area (Å²) < 4.78 is 10.9. The molecule has 26 heavy (non-hydrogen) atoms. The van der Waals surface area contributed by atoms with Gasteiger partial charge in [0.2, 0.25) is 5.91 Å². The van der Waals surface area contributed by atoms with Crippen molar-refractivity contribution < 1.29 is 23.9 Å². The van der Waals surface area contributed by atoms with Gasteiger partial charge in [-0.2, -0.15) is 0 Å². The van der Waals surface area contributed by atoms with Crippen molar-refractivity contribution in [2.24, 2.45) is 5.92 Å². The Morgan fingerprint density at radius 2 is 1.85 bits per heavy atom. The number of carbonyl (C=O) groups excluding carboxylic acids is 2. The number of ether oxygens (including phenoxy) is 1. The van der Waals surface area contributed by atoms with Crippen molar-refractivity contribution in [1.82, 2.24) is 5.32 Å². The summed E-state index contributed by atoms with van der Waals surface area (Å²) in [5, 5.41) is 12.4. The van der Waals surface area contributed by atoms with E-state index in [-0.39, 0.29) is 30.0 Å². The van der Waals surface area contributed by atoms with Gasteiger partial charge in [0, 0.05) is 26.5 Å². The highest BCUT2D eigenvalue weighted by molar-refractivity contribution is 6.71. The number of hydrogen-bond donors (Lipinski definition) is 2. The number of rotatable bonds is 14. The molecule has 3 atom stereocenters. The molecule has 0 heterocycles. The second kappa shape index (κ2) is 13.3. The van der Waals surface area contributed by atoms with E-state index in [2.05, 4.69) is 18.4 Å². The monoisotopic (exact) mass is 389 g/mol. The smallest absolute Gasteiger partial charge is 0.302 e. The van der Waals surface area contributed by atoms with E-state index in [4.69, 9.17) is 9.16 Å². The van der Waals surface area contributed by atoms with Crippen molar-refractivity contribution in [3.8, 4) is 0 Å². The average Bonchev–Trinajstić information content (AvgIpc) is 2.55. The molecule has 0 fully saturated rings. The van der Waals surface area contributed by atoms with Gasteiger partial charge in [-0.25, -0.2) is 0 Å². The number of aliphatic hydroxyl groups is 1. The molecule has 3 unspecified atom stereocenters. The lowest BCUT2D eigenvalue weighted by molar-refractivity contribution is -0.148. The number of carbonyl (C=O) groups is 2. The van der Waals surface area contributed by atoms with Crippen LogP contribution in [0.3, 0.4) is 0 Å². The van der Waals surface area contributed by atoms with E-state index in [1.165, 1.54) is 6.92 Å². The van der Waals surface area contributed by atoms with Gasteiger partial charge in [0.15, 0.2) is 8.32 Å². The van der Waals surface area contributed by atoms with Crippen molar-refractivity contribution in [1.29, 1.82) is 0 Å². The summed E-state index contributed by atoms with van der Waals surface area (Å²) >= 11 is 0. The van der Waals surface area contributed by atoms with E-state index >= 15 is 0 Å². The van der Waals surface area contributed by atoms with E-state index < -0.39 is 8.32 Å². The van der Waals surface area contributed by atoms with Crippen LogP contribution in [-0.2, 0) is 18.8 Å². The van der Waals surface area contributed by atoms with Crippen LogP contribution in [-0.4, -0.2) is 51.2 Å². The molecule has 0 aromatic rings. The third-order valence-corrected chi connectivity index (χ3v) is 7.36. The Morgan fingerprint density at radius 1 is 1.19 bits per heavy atom.